The van der Waals surface area contributed by atoms with Crippen LogP contribution in [0.15, 0.2) is 35.9 Å². The van der Waals surface area contributed by atoms with Gasteiger partial charge < -0.3 is 33.6 Å². The molecule has 18 heteroatoms. The quantitative estimate of drug-likeness (QED) is 0.0832. The van der Waals surface area contributed by atoms with Gasteiger partial charge in [0.15, 0.2) is 0 Å². The highest BCUT2D eigenvalue weighted by molar-refractivity contribution is 8.77. The summed E-state index contributed by atoms with van der Waals surface area (Å²) >= 11 is 6.75. The molecule has 0 spiro atoms. The predicted octanol–water partition coefficient (Wildman–Crippen LogP) is 6.72. The Morgan fingerprint density at radius 1 is 1.03 bits per heavy atom. The van der Waals surface area contributed by atoms with Crippen molar-refractivity contribution in [3.8, 4) is 5.75 Å². The number of epoxide rings is 1. The second-order valence-electron chi connectivity index (χ2n) is 17.0. The molecule has 1 aromatic carbocycles. The molecule has 3 fully saturated rings. The van der Waals surface area contributed by atoms with Gasteiger partial charge in [-0.3, -0.25) is 28.8 Å². The van der Waals surface area contributed by atoms with Crippen LogP contribution in [0.1, 0.15) is 104 Å². The molecule has 0 aromatic heterocycles. The van der Waals surface area contributed by atoms with Crippen LogP contribution in [0.2, 0.25) is 5.02 Å². The Labute approximate surface area is 376 Å². The molecule has 2 unspecified atom stereocenters. The van der Waals surface area contributed by atoms with E-state index in [2.05, 4.69) is 6.08 Å². The first-order chi connectivity index (χ1) is 29.3. The molecule has 4 heterocycles. The highest BCUT2D eigenvalue weighted by Gasteiger charge is 2.50. The van der Waals surface area contributed by atoms with E-state index in [1.165, 1.54) is 24.0 Å². The van der Waals surface area contributed by atoms with Crippen molar-refractivity contribution in [1.29, 1.82) is 0 Å². The van der Waals surface area contributed by atoms with Gasteiger partial charge in [0.25, 0.3) is 11.8 Å². The smallest absolute Gasteiger partial charge is 0.333 e. The number of anilines is 1. The number of hydrogen-bond donors (Lipinski definition) is 0. The number of esters is 2. The van der Waals surface area contributed by atoms with Crippen LogP contribution in [0.25, 0.3) is 0 Å². The maximum atomic E-state index is 14.0. The molecule has 15 nitrogen and oxygen atoms in total. The van der Waals surface area contributed by atoms with Crippen molar-refractivity contribution in [1.82, 2.24) is 9.96 Å². The molecule has 6 atom stereocenters. The highest BCUT2D eigenvalue weighted by Crippen LogP contribution is 2.43. The number of halogens is 1. The van der Waals surface area contributed by atoms with Crippen LogP contribution in [-0.2, 0) is 59.0 Å². The Hall–Kier alpha value is -4.06. The summed E-state index contributed by atoms with van der Waals surface area (Å²) in [7, 11) is 7.76. The summed E-state index contributed by atoms with van der Waals surface area (Å²) in [6.45, 7) is 7.61. The normalized spacial score (nSPS) is 25.2. The molecule has 1 aromatic rings. The van der Waals surface area contributed by atoms with Crippen LogP contribution >= 0.6 is 33.2 Å². The molecule has 4 aliphatic heterocycles. The largest absolute Gasteiger partial charge is 0.495 e. The third-order valence-corrected chi connectivity index (χ3v) is 15.4. The van der Waals surface area contributed by atoms with Crippen molar-refractivity contribution in [2.24, 2.45) is 5.92 Å². The van der Waals surface area contributed by atoms with Crippen molar-refractivity contribution < 1.29 is 57.3 Å². The summed E-state index contributed by atoms with van der Waals surface area (Å²) in [4.78, 5) is 96.7. The number of nitrogens with zero attached hydrogens (tertiary/aromatic N) is 3. The summed E-state index contributed by atoms with van der Waals surface area (Å²) in [6, 6.07) is 3.68. The number of rotatable bonds is 14. The highest BCUT2D eigenvalue weighted by atomic mass is 35.5. The van der Waals surface area contributed by atoms with Gasteiger partial charge in [-0.15, -0.1) is 5.06 Å². The van der Waals surface area contributed by atoms with E-state index in [9.17, 15) is 33.6 Å². The van der Waals surface area contributed by atoms with Crippen LogP contribution < -0.4 is 9.64 Å². The number of amides is 4. The lowest BCUT2D eigenvalue weighted by Gasteiger charge is -2.28. The van der Waals surface area contributed by atoms with Crippen LogP contribution in [0.4, 0.5) is 5.69 Å². The Bertz CT molecular complexity index is 1930. The lowest BCUT2D eigenvalue weighted by molar-refractivity contribution is -0.197. The van der Waals surface area contributed by atoms with Crippen LogP contribution in [0, 0.1) is 5.92 Å². The Morgan fingerprint density at radius 2 is 1.76 bits per heavy atom. The molecule has 0 N–H and O–H groups in total. The lowest BCUT2D eigenvalue weighted by atomic mass is 9.89. The number of hydrogen-bond acceptors (Lipinski definition) is 14. The number of allylic oxidation sites excluding steroid dienone is 4. The van der Waals surface area contributed by atoms with E-state index < -0.39 is 42.1 Å². The van der Waals surface area contributed by atoms with E-state index >= 15 is 0 Å². The fraction of sp³-hybridized carbons (Fsp3) is 0.614. The molecule has 0 saturated carbocycles. The zero-order valence-corrected chi connectivity index (χ0v) is 38.9. The standard InChI is InChI=1S/C44H58ClN3O12S2/c1-26-10-8-9-11-28-19-30(57-40(54)22-28)23-33-43(59-33)34(24-38(52)47(6)31-20-29(18-26)21-32(56-7)42(31)45)58-41(55)25-46(5)35(49)16-17-44(3,4)62-61-27(2)12-15-39(53)60-48-36(50)13-14-37(48)51/h8-10,20-21,27-28,30,33-34,43H,11-19,22-25H2,1-7H3/b9-8+,26-10+/t27?,28?,30-,33-,34-,43+/m1/s1. The van der Waals surface area contributed by atoms with Gasteiger partial charge in [0.1, 0.15) is 35.6 Å². The fourth-order valence-electron chi connectivity index (χ4n) is 7.43. The third kappa shape index (κ3) is 14.2. The number of methoxy groups -OCH3 is 1. The number of ether oxygens (including phenoxy) is 4. The number of carbonyl (C=O) groups is 7. The summed E-state index contributed by atoms with van der Waals surface area (Å²) < 4.78 is 22.9. The maximum absolute atomic E-state index is 14.0. The zero-order valence-electron chi connectivity index (χ0n) is 36.5. The first-order valence-electron chi connectivity index (χ1n) is 21.0. The van der Waals surface area contributed by atoms with E-state index in [1.807, 2.05) is 52.0 Å². The van der Waals surface area contributed by atoms with Crippen molar-refractivity contribution in [2.45, 2.75) is 139 Å². The van der Waals surface area contributed by atoms with Crippen molar-refractivity contribution >= 4 is 80.4 Å². The van der Waals surface area contributed by atoms with Gasteiger partial charge in [0.2, 0.25) is 11.8 Å². The predicted molar refractivity (Wildman–Crippen MR) is 235 cm³/mol. The van der Waals surface area contributed by atoms with E-state index in [-0.39, 0.29) is 83.5 Å². The number of hydroxylamine groups is 2. The zero-order chi connectivity index (χ0) is 45.3. The number of fused-ring (bicyclic) bond motifs is 5. The SMILES string of the molecule is COc1cc2cc(c1Cl)N(C)C(=O)C[C@@H](OC(=O)CN(C)C(=O)CCC(C)(C)SSC(C)CCC(=O)ON1C(=O)CCC1=O)[C@H]1O[C@@H]1C[C@H]1CC(C/C=C/C=C(\C)C2)CC(=O)O1. The average Bonchev–Trinajstić information content (AvgIpc) is 3.91. The van der Waals surface area contributed by atoms with Crippen molar-refractivity contribution in [3.63, 3.8) is 0 Å². The average molecular weight is 921 g/mol. The molecule has 4 amide bonds. The van der Waals surface area contributed by atoms with Crippen LogP contribution in [0.3, 0.4) is 0 Å². The first kappa shape index (κ1) is 49.0. The third-order valence-electron chi connectivity index (χ3n) is 11.1. The first-order valence-corrected chi connectivity index (χ1v) is 23.6. The molecule has 0 radical (unpaired) electrons. The molecule has 4 aliphatic rings. The summed E-state index contributed by atoms with van der Waals surface area (Å²) in [5, 5.41) is 0.834. The number of imide groups is 1. The molecule has 3 saturated heterocycles. The lowest BCUT2D eigenvalue weighted by Crippen LogP contribution is -2.39. The van der Waals surface area contributed by atoms with E-state index in [0.29, 0.717) is 61.4 Å². The molecular weight excluding hydrogens is 862 g/mol. The molecule has 0 aliphatic carbocycles. The number of carbonyl (C=O) groups excluding carboxylic acids is 7. The summed E-state index contributed by atoms with van der Waals surface area (Å²) in [5.41, 5.74) is 2.38. The molecule has 5 rings (SSSR count). The Balaban J connectivity index is 1.18. The minimum Gasteiger partial charge on any atom is -0.495 e. The monoisotopic (exact) mass is 919 g/mol. The topological polar surface area (TPSA) is 179 Å². The van der Waals surface area contributed by atoms with E-state index in [1.54, 1.807) is 28.6 Å². The number of benzene rings is 1. The van der Waals surface area contributed by atoms with Crippen molar-refractivity contribution in [2.75, 3.05) is 32.6 Å². The van der Waals surface area contributed by atoms with Crippen LogP contribution in [-0.4, -0.2) is 114 Å². The minimum absolute atomic E-state index is 0.0304. The van der Waals surface area contributed by atoms with E-state index in [4.69, 9.17) is 35.4 Å². The summed E-state index contributed by atoms with van der Waals surface area (Å²) in [6.07, 6.45) is 7.26. The molecule has 340 valence electrons. The Kier molecular flexibility index (Phi) is 17.4. The van der Waals surface area contributed by atoms with Gasteiger partial charge in [0, 0.05) is 62.6 Å². The second kappa shape index (κ2) is 22.0. The van der Waals surface area contributed by atoms with Gasteiger partial charge in [-0.25, -0.2) is 4.79 Å². The fourth-order valence-corrected chi connectivity index (χ4v) is 10.4. The second-order valence-corrected chi connectivity index (χ2v) is 20.8. The van der Waals surface area contributed by atoms with Gasteiger partial charge in [0.05, 0.1) is 25.3 Å². The van der Waals surface area contributed by atoms with Gasteiger partial charge in [-0.1, -0.05) is 63.9 Å². The van der Waals surface area contributed by atoms with Crippen molar-refractivity contribution in [3.05, 3.63) is 46.5 Å². The van der Waals surface area contributed by atoms with Gasteiger partial charge in [-0.2, -0.15) is 0 Å². The summed E-state index contributed by atoms with van der Waals surface area (Å²) in [5.74, 6) is -2.80. The maximum Gasteiger partial charge on any atom is 0.333 e. The molecule has 4 bridgehead atoms. The van der Waals surface area contributed by atoms with Gasteiger partial charge >= 0.3 is 17.9 Å². The van der Waals surface area contributed by atoms with Gasteiger partial charge in [-0.05, 0) is 76.5 Å². The Morgan fingerprint density at radius 3 is 2.47 bits per heavy atom. The molecule has 62 heavy (non-hydrogen) atoms. The van der Waals surface area contributed by atoms with Crippen LogP contribution in [0.5, 0.6) is 5.75 Å². The van der Waals surface area contributed by atoms with E-state index in [0.717, 1.165) is 11.1 Å². The minimum atomic E-state index is -0.999. The number of likely N-dealkylation sites (N-methyl/N-ethyl adjacent to an activating group) is 1. The molecular formula is C44H58ClN3O12S2.